The quantitative estimate of drug-likeness (QED) is 0.182. The standard InChI is InChI=1S/C36H63NO2/c1-9-37(8)23-11-14-27(5)34(38)39-29-19-21-35(6)28(24-29)15-16-30-32-18-17-31(26(4)13-10-12-25(2)3)36(32,7)22-20-33(30)35/h25-26,28-33H,5,9-24H2,1-4,6-8H3/t26-,28?,29+,30?,31-,32?,33?,35+,36-/m1/s1. The van der Waals surface area contributed by atoms with Crippen molar-refractivity contribution in [3.8, 4) is 0 Å². The fraction of sp³-hybridized carbons (Fsp3) is 0.917. The van der Waals surface area contributed by atoms with E-state index in [0.29, 0.717) is 22.3 Å². The van der Waals surface area contributed by atoms with Crippen LogP contribution in [0.1, 0.15) is 131 Å². The average Bonchev–Trinajstić information content (AvgIpc) is 3.25. The van der Waals surface area contributed by atoms with Gasteiger partial charge in [-0.15, -0.1) is 0 Å². The van der Waals surface area contributed by atoms with E-state index in [4.69, 9.17) is 4.74 Å². The van der Waals surface area contributed by atoms with Gasteiger partial charge in [0.25, 0.3) is 0 Å². The highest BCUT2D eigenvalue weighted by atomic mass is 16.5. The third-order valence-electron chi connectivity index (χ3n) is 12.9. The SMILES string of the molecule is C=C(CCCN(C)CC)C(=O)O[C@H]1CC[C@@]2(C)C(CCC3C2CC[C@@]2(C)C3CC[C@@H]2[C@H](C)CCCC(C)C)C1. The molecule has 0 heterocycles. The molecule has 9 atom stereocenters. The van der Waals surface area contributed by atoms with Crippen LogP contribution in [0.15, 0.2) is 12.2 Å². The molecule has 0 aromatic heterocycles. The van der Waals surface area contributed by atoms with Gasteiger partial charge in [0.2, 0.25) is 0 Å². The summed E-state index contributed by atoms with van der Waals surface area (Å²) in [5.74, 6) is 5.99. The van der Waals surface area contributed by atoms with Crippen LogP contribution in [0.3, 0.4) is 0 Å². The maximum atomic E-state index is 12.8. The summed E-state index contributed by atoms with van der Waals surface area (Å²) in [5, 5.41) is 0. The first-order chi connectivity index (χ1) is 18.5. The van der Waals surface area contributed by atoms with E-state index in [-0.39, 0.29) is 12.1 Å². The molecule has 3 nitrogen and oxygen atoms in total. The fourth-order valence-electron chi connectivity index (χ4n) is 10.4. The number of ether oxygens (including phenoxy) is 1. The first-order valence-corrected chi connectivity index (χ1v) is 17.1. The Kier molecular flexibility index (Phi) is 10.4. The highest BCUT2D eigenvalue weighted by Gasteiger charge is 2.60. The monoisotopic (exact) mass is 541 g/mol. The molecule has 0 spiro atoms. The van der Waals surface area contributed by atoms with Crippen molar-refractivity contribution in [1.29, 1.82) is 0 Å². The molecule has 39 heavy (non-hydrogen) atoms. The molecule has 0 aliphatic heterocycles. The summed E-state index contributed by atoms with van der Waals surface area (Å²) in [6, 6.07) is 0. The molecular formula is C36H63NO2. The van der Waals surface area contributed by atoms with Gasteiger partial charge in [0, 0.05) is 5.57 Å². The van der Waals surface area contributed by atoms with E-state index in [0.717, 1.165) is 74.3 Å². The zero-order chi connectivity index (χ0) is 28.4. The highest BCUT2D eigenvalue weighted by molar-refractivity contribution is 5.87. The van der Waals surface area contributed by atoms with Crippen LogP contribution in [-0.4, -0.2) is 37.1 Å². The van der Waals surface area contributed by atoms with E-state index in [1.54, 1.807) is 0 Å². The van der Waals surface area contributed by atoms with Crippen molar-refractivity contribution in [3.05, 3.63) is 12.2 Å². The van der Waals surface area contributed by atoms with Gasteiger partial charge in [-0.3, -0.25) is 0 Å². The number of carbonyl (C=O) groups is 1. The largest absolute Gasteiger partial charge is 0.459 e. The third kappa shape index (κ3) is 6.65. The summed E-state index contributed by atoms with van der Waals surface area (Å²) in [5.41, 5.74) is 1.67. The molecule has 4 fully saturated rings. The van der Waals surface area contributed by atoms with Gasteiger partial charge in [0.1, 0.15) is 6.10 Å². The lowest BCUT2D eigenvalue weighted by Crippen LogP contribution is -2.54. The van der Waals surface area contributed by atoms with Crippen LogP contribution >= 0.6 is 0 Å². The molecule has 4 saturated carbocycles. The van der Waals surface area contributed by atoms with Gasteiger partial charge in [0.05, 0.1) is 0 Å². The normalized spacial score (nSPS) is 38.7. The Labute approximate surface area is 242 Å². The van der Waals surface area contributed by atoms with E-state index in [1.165, 1.54) is 64.2 Å². The lowest BCUT2D eigenvalue weighted by atomic mass is 9.44. The molecule has 3 heteroatoms. The van der Waals surface area contributed by atoms with E-state index in [1.807, 2.05) is 0 Å². The van der Waals surface area contributed by atoms with Gasteiger partial charge in [-0.25, -0.2) is 4.79 Å². The van der Waals surface area contributed by atoms with Crippen molar-refractivity contribution in [1.82, 2.24) is 4.90 Å². The Bertz CT molecular complexity index is 836. The van der Waals surface area contributed by atoms with Crippen LogP contribution in [-0.2, 0) is 9.53 Å². The van der Waals surface area contributed by atoms with Crippen molar-refractivity contribution in [3.63, 3.8) is 0 Å². The number of esters is 1. The third-order valence-corrected chi connectivity index (χ3v) is 12.9. The topological polar surface area (TPSA) is 29.5 Å². The first kappa shape index (κ1) is 31.1. The van der Waals surface area contributed by atoms with Crippen LogP contribution in [0, 0.1) is 52.3 Å². The zero-order valence-corrected chi connectivity index (χ0v) is 26.9. The molecule has 0 aromatic rings. The summed E-state index contributed by atoms with van der Waals surface area (Å²) in [7, 11) is 2.13. The molecule has 0 amide bonds. The minimum absolute atomic E-state index is 0.0959. The summed E-state index contributed by atoms with van der Waals surface area (Å²) in [6.45, 7) is 21.0. The highest BCUT2D eigenvalue weighted by Crippen LogP contribution is 2.68. The fourth-order valence-corrected chi connectivity index (χ4v) is 10.4. The van der Waals surface area contributed by atoms with E-state index >= 15 is 0 Å². The number of hydrogen-bond acceptors (Lipinski definition) is 3. The van der Waals surface area contributed by atoms with Gasteiger partial charge >= 0.3 is 5.97 Å². The van der Waals surface area contributed by atoms with Gasteiger partial charge in [-0.2, -0.15) is 0 Å². The van der Waals surface area contributed by atoms with Gasteiger partial charge in [-0.1, -0.05) is 67.4 Å². The molecule has 0 aromatic carbocycles. The van der Waals surface area contributed by atoms with Crippen LogP contribution < -0.4 is 0 Å². The second-order valence-corrected chi connectivity index (χ2v) is 15.6. The van der Waals surface area contributed by atoms with Crippen molar-refractivity contribution in [2.24, 2.45) is 52.3 Å². The smallest absolute Gasteiger partial charge is 0.333 e. The Morgan fingerprint density at radius 3 is 2.38 bits per heavy atom. The number of nitrogens with zero attached hydrogens (tertiary/aromatic N) is 1. The lowest BCUT2D eigenvalue weighted by molar-refractivity contribution is -0.159. The number of hydrogen-bond donors (Lipinski definition) is 0. The first-order valence-electron chi connectivity index (χ1n) is 17.1. The predicted molar refractivity (Wildman–Crippen MR) is 164 cm³/mol. The summed E-state index contributed by atoms with van der Waals surface area (Å²) in [6.07, 6.45) is 18.0. The maximum Gasteiger partial charge on any atom is 0.333 e. The van der Waals surface area contributed by atoms with Crippen molar-refractivity contribution < 1.29 is 9.53 Å². The van der Waals surface area contributed by atoms with Gasteiger partial charge < -0.3 is 9.64 Å². The van der Waals surface area contributed by atoms with Crippen LogP contribution in [0.2, 0.25) is 0 Å². The Hall–Kier alpha value is -0.830. The molecule has 4 rings (SSSR count). The van der Waals surface area contributed by atoms with Gasteiger partial charge in [-0.05, 0) is 143 Å². The number of carbonyl (C=O) groups excluding carboxylic acids is 1. The Morgan fingerprint density at radius 2 is 1.67 bits per heavy atom. The molecule has 224 valence electrons. The second kappa shape index (κ2) is 13.0. The van der Waals surface area contributed by atoms with E-state index in [2.05, 4.69) is 60.1 Å². The minimum Gasteiger partial charge on any atom is -0.459 e. The molecular weight excluding hydrogens is 478 g/mol. The number of fused-ring (bicyclic) bond motifs is 5. The summed E-state index contributed by atoms with van der Waals surface area (Å²) >= 11 is 0. The Morgan fingerprint density at radius 1 is 0.949 bits per heavy atom. The molecule has 4 unspecified atom stereocenters. The molecule has 0 radical (unpaired) electrons. The average molecular weight is 542 g/mol. The molecule has 0 N–H and O–H groups in total. The van der Waals surface area contributed by atoms with Crippen LogP contribution in [0.25, 0.3) is 0 Å². The predicted octanol–water partition coefficient (Wildman–Crippen LogP) is 9.31. The summed E-state index contributed by atoms with van der Waals surface area (Å²) < 4.78 is 6.09. The van der Waals surface area contributed by atoms with Crippen molar-refractivity contribution in [2.45, 2.75) is 138 Å². The zero-order valence-electron chi connectivity index (χ0n) is 26.9. The van der Waals surface area contributed by atoms with E-state index in [9.17, 15) is 4.79 Å². The number of rotatable bonds is 12. The lowest BCUT2D eigenvalue weighted by Gasteiger charge is -2.61. The van der Waals surface area contributed by atoms with Crippen LogP contribution in [0.4, 0.5) is 0 Å². The molecule has 4 aliphatic rings. The minimum atomic E-state index is -0.135. The summed E-state index contributed by atoms with van der Waals surface area (Å²) in [4.78, 5) is 15.1. The van der Waals surface area contributed by atoms with Crippen molar-refractivity contribution in [2.75, 3.05) is 20.1 Å². The molecule has 4 aliphatic carbocycles. The van der Waals surface area contributed by atoms with Crippen molar-refractivity contribution >= 4 is 5.97 Å². The Balaban J connectivity index is 1.31. The molecule has 0 bridgehead atoms. The molecule has 0 saturated heterocycles. The van der Waals surface area contributed by atoms with Crippen LogP contribution in [0.5, 0.6) is 0 Å². The second-order valence-electron chi connectivity index (χ2n) is 15.6. The maximum absolute atomic E-state index is 12.8. The van der Waals surface area contributed by atoms with E-state index < -0.39 is 0 Å². The van der Waals surface area contributed by atoms with Gasteiger partial charge in [0.15, 0.2) is 0 Å².